The Morgan fingerprint density at radius 2 is 1.79 bits per heavy atom. The lowest BCUT2D eigenvalue weighted by atomic mass is 10.1. The van der Waals surface area contributed by atoms with E-state index in [9.17, 15) is 4.79 Å². The molecule has 1 saturated heterocycles. The molecule has 28 heavy (non-hydrogen) atoms. The third-order valence-corrected chi connectivity index (χ3v) is 5.52. The van der Waals surface area contributed by atoms with Crippen LogP contribution in [0.3, 0.4) is 0 Å². The van der Waals surface area contributed by atoms with Gasteiger partial charge in [-0.2, -0.15) is 0 Å². The van der Waals surface area contributed by atoms with Crippen molar-refractivity contribution in [3.8, 4) is 5.69 Å². The molecule has 6 heteroatoms. The van der Waals surface area contributed by atoms with E-state index < -0.39 is 0 Å². The number of nitrogens with zero attached hydrogens (tertiary/aromatic N) is 5. The van der Waals surface area contributed by atoms with Gasteiger partial charge in [0.15, 0.2) is 5.65 Å². The molecule has 1 fully saturated rings. The lowest BCUT2D eigenvalue weighted by molar-refractivity contribution is -0.132. The van der Waals surface area contributed by atoms with E-state index in [4.69, 9.17) is 0 Å². The zero-order valence-electron chi connectivity index (χ0n) is 16.6. The molecule has 0 radical (unpaired) electrons. The van der Waals surface area contributed by atoms with Crippen LogP contribution in [0.15, 0.2) is 42.6 Å². The van der Waals surface area contributed by atoms with Gasteiger partial charge in [-0.1, -0.05) is 26.0 Å². The van der Waals surface area contributed by atoms with Crippen LogP contribution < -0.4 is 0 Å². The molecule has 6 nitrogen and oxygen atoms in total. The smallest absolute Gasteiger partial charge is 0.227 e. The number of pyridine rings is 1. The summed E-state index contributed by atoms with van der Waals surface area (Å²) in [6.07, 6.45) is 3.08. The van der Waals surface area contributed by atoms with Gasteiger partial charge in [0.1, 0.15) is 11.3 Å². The summed E-state index contributed by atoms with van der Waals surface area (Å²) in [4.78, 5) is 26.2. The Hall–Kier alpha value is -2.73. The summed E-state index contributed by atoms with van der Waals surface area (Å²) in [6.45, 7) is 8.93. The van der Waals surface area contributed by atoms with Crippen LogP contribution in [0.5, 0.6) is 0 Å². The number of likely N-dealkylation sites (N-methyl/N-ethyl adjacent to an activating group) is 1. The van der Waals surface area contributed by atoms with Crippen LogP contribution >= 0.6 is 0 Å². The Kier molecular flexibility index (Phi) is 5.39. The molecular weight excluding hydrogens is 350 g/mol. The van der Waals surface area contributed by atoms with E-state index >= 15 is 0 Å². The Bertz CT molecular complexity index is 955. The minimum Gasteiger partial charge on any atom is -0.340 e. The maximum atomic E-state index is 12.6. The molecule has 3 aromatic rings. The number of hydrogen-bond acceptors (Lipinski definition) is 4. The molecule has 0 bridgehead atoms. The molecule has 1 amide bonds. The number of piperazine rings is 1. The predicted molar refractivity (Wildman–Crippen MR) is 111 cm³/mol. The van der Waals surface area contributed by atoms with Gasteiger partial charge in [0.2, 0.25) is 5.91 Å². The zero-order chi connectivity index (χ0) is 19.5. The molecule has 2 aromatic heterocycles. The largest absolute Gasteiger partial charge is 0.340 e. The lowest BCUT2D eigenvalue weighted by Gasteiger charge is -2.34. The van der Waals surface area contributed by atoms with Gasteiger partial charge in [-0.25, -0.2) is 9.97 Å². The summed E-state index contributed by atoms with van der Waals surface area (Å²) < 4.78 is 2.10. The number of benzene rings is 1. The first-order chi connectivity index (χ1) is 13.7. The van der Waals surface area contributed by atoms with Gasteiger partial charge in [-0.3, -0.25) is 9.36 Å². The van der Waals surface area contributed by atoms with E-state index in [0.29, 0.717) is 6.42 Å². The van der Waals surface area contributed by atoms with Crippen molar-refractivity contribution < 1.29 is 4.79 Å². The number of imidazole rings is 1. The van der Waals surface area contributed by atoms with Crippen LogP contribution in [0.25, 0.3) is 16.9 Å². The van der Waals surface area contributed by atoms with Gasteiger partial charge < -0.3 is 9.80 Å². The first kappa shape index (κ1) is 18.6. The van der Waals surface area contributed by atoms with Crippen molar-refractivity contribution in [1.82, 2.24) is 24.3 Å². The molecule has 0 unspecified atom stereocenters. The van der Waals surface area contributed by atoms with Gasteiger partial charge in [0.05, 0.1) is 6.42 Å². The molecule has 1 aliphatic rings. The average molecular weight is 377 g/mol. The van der Waals surface area contributed by atoms with Crippen LogP contribution in [0, 0.1) is 0 Å². The number of hydrogen-bond donors (Lipinski definition) is 0. The highest BCUT2D eigenvalue weighted by Crippen LogP contribution is 2.21. The average Bonchev–Trinajstić information content (AvgIpc) is 3.13. The van der Waals surface area contributed by atoms with Gasteiger partial charge >= 0.3 is 0 Å². The number of fused-ring (bicyclic) bond motifs is 1. The van der Waals surface area contributed by atoms with Crippen LogP contribution in [0.4, 0.5) is 0 Å². The minimum atomic E-state index is 0.215. The Morgan fingerprint density at radius 1 is 1.04 bits per heavy atom. The maximum Gasteiger partial charge on any atom is 0.227 e. The predicted octanol–water partition coefficient (Wildman–Crippen LogP) is 2.69. The third kappa shape index (κ3) is 3.64. The van der Waals surface area contributed by atoms with E-state index in [2.05, 4.69) is 45.4 Å². The van der Waals surface area contributed by atoms with E-state index in [1.807, 2.05) is 29.2 Å². The number of aromatic nitrogens is 3. The van der Waals surface area contributed by atoms with Crippen molar-refractivity contribution in [3.05, 3.63) is 54.0 Å². The lowest BCUT2D eigenvalue weighted by Crippen LogP contribution is -2.48. The summed E-state index contributed by atoms with van der Waals surface area (Å²) in [7, 11) is 0. The topological polar surface area (TPSA) is 54.3 Å². The molecule has 3 heterocycles. The van der Waals surface area contributed by atoms with Crippen molar-refractivity contribution >= 4 is 17.1 Å². The fourth-order valence-electron chi connectivity index (χ4n) is 3.83. The second-order valence-corrected chi connectivity index (χ2v) is 7.22. The first-order valence-corrected chi connectivity index (χ1v) is 10.1. The van der Waals surface area contributed by atoms with Crippen molar-refractivity contribution in [2.75, 3.05) is 32.7 Å². The van der Waals surface area contributed by atoms with Crippen molar-refractivity contribution in [3.63, 3.8) is 0 Å². The second-order valence-electron chi connectivity index (χ2n) is 7.22. The molecule has 146 valence electrons. The standard InChI is InChI=1S/C22H27N5O/c1-3-20-24-19-6-5-11-23-22(19)27(20)18-9-7-17(8-10-18)16-21(28)26-14-12-25(4-2)13-15-26/h5-11H,3-4,12-16H2,1-2H3. The van der Waals surface area contributed by atoms with E-state index in [1.165, 1.54) is 0 Å². The summed E-state index contributed by atoms with van der Waals surface area (Å²) in [5, 5.41) is 0. The highest BCUT2D eigenvalue weighted by Gasteiger charge is 2.20. The quantitative estimate of drug-likeness (QED) is 0.686. The molecule has 0 saturated carbocycles. The fourth-order valence-corrected chi connectivity index (χ4v) is 3.83. The summed E-state index contributed by atoms with van der Waals surface area (Å²) in [5.74, 6) is 1.21. The Labute approximate surface area is 165 Å². The SMILES string of the molecule is CCc1nc2cccnc2n1-c1ccc(CC(=O)N2CCN(CC)CC2)cc1. The van der Waals surface area contributed by atoms with E-state index in [0.717, 1.165) is 67.4 Å². The third-order valence-electron chi connectivity index (χ3n) is 5.52. The summed E-state index contributed by atoms with van der Waals surface area (Å²) in [5.41, 5.74) is 3.86. The molecule has 1 aromatic carbocycles. The zero-order valence-corrected chi connectivity index (χ0v) is 16.6. The molecule has 4 rings (SSSR count). The van der Waals surface area contributed by atoms with E-state index in [-0.39, 0.29) is 5.91 Å². The van der Waals surface area contributed by atoms with Gasteiger partial charge in [0.25, 0.3) is 0 Å². The number of carbonyl (C=O) groups is 1. The van der Waals surface area contributed by atoms with Crippen molar-refractivity contribution in [2.24, 2.45) is 0 Å². The summed E-state index contributed by atoms with van der Waals surface area (Å²) in [6, 6.07) is 12.1. The number of rotatable bonds is 5. The number of aryl methyl sites for hydroxylation is 1. The molecule has 0 atom stereocenters. The van der Waals surface area contributed by atoms with Gasteiger partial charge in [-0.15, -0.1) is 0 Å². The number of carbonyl (C=O) groups excluding carboxylic acids is 1. The molecular formula is C22H27N5O. The molecule has 0 N–H and O–H groups in total. The summed E-state index contributed by atoms with van der Waals surface area (Å²) >= 11 is 0. The molecule has 0 aliphatic carbocycles. The van der Waals surface area contributed by atoms with Crippen LogP contribution in [0.2, 0.25) is 0 Å². The van der Waals surface area contributed by atoms with E-state index in [1.54, 1.807) is 6.20 Å². The normalized spacial score (nSPS) is 15.3. The van der Waals surface area contributed by atoms with Crippen molar-refractivity contribution in [1.29, 1.82) is 0 Å². The monoisotopic (exact) mass is 377 g/mol. The minimum absolute atomic E-state index is 0.215. The second kappa shape index (κ2) is 8.10. The Morgan fingerprint density at radius 3 is 2.46 bits per heavy atom. The highest BCUT2D eigenvalue weighted by molar-refractivity contribution is 5.79. The van der Waals surface area contributed by atoms with Crippen molar-refractivity contribution in [2.45, 2.75) is 26.7 Å². The van der Waals surface area contributed by atoms with Crippen LogP contribution in [-0.2, 0) is 17.6 Å². The number of amides is 1. The van der Waals surface area contributed by atoms with Gasteiger partial charge in [-0.05, 0) is 36.4 Å². The highest BCUT2D eigenvalue weighted by atomic mass is 16.2. The Balaban J connectivity index is 1.50. The molecule has 1 aliphatic heterocycles. The fraction of sp³-hybridized carbons (Fsp3) is 0.409. The first-order valence-electron chi connectivity index (χ1n) is 10.1. The maximum absolute atomic E-state index is 12.6. The van der Waals surface area contributed by atoms with Gasteiger partial charge in [0, 0.05) is 44.5 Å². The molecule has 0 spiro atoms. The van der Waals surface area contributed by atoms with Crippen LogP contribution in [0.1, 0.15) is 25.2 Å². The van der Waals surface area contributed by atoms with Crippen LogP contribution in [-0.4, -0.2) is 63.0 Å².